The fourth-order valence-electron chi connectivity index (χ4n) is 0.541. The fourth-order valence-corrected chi connectivity index (χ4v) is 0.620. The van der Waals surface area contributed by atoms with Crippen LogP contribution in [0.4, 0.5) is 17.6 Å². The van der Waals surface area contributed by atoms with Gasteiger partial charge in [-0.25, -0.2) is 0 Å². The van der Waals surface area contributed by atoms with Crippen LogP contribution < -0.4 is 4.74 Å². The van der Waals surface area contributed by atoms with Gasteiger partial charge in [0, 0.05) is 11.6 Å². The average molecular weight is 217 g/mol. The number of nitrogens with zero attached hydrogens (tertiary/aromatic N) is 2. The van der Waals surface area contributed by atoms with Crippen molar-refractivity contribution in [2.45, 2.75) is 5.57 Å². The molecule has 8 heteroatoms. The molecule has 1 aromatic heterocycles. The summed E-state index contributed by atoms with van der Waals surface area (Å²) in [5.74, 6) is -2.31. The molecule has 3 nitrogen and oxygen atoms in total. The van der Waals surface area contributed by atoms with E-state index in [1.54, 1.807) is 0 Å². The molecule has 0 saturated carbocycles. The molecule has 0 atom stereocenters. The van der Waals surface area contributed by atoms with Crippen molar-refractivity contribution < 1.29 is 22.3 Å². The molecule has 0 aromatic carbocycles. The first-order valence-corrected chi connectivity index (χ1v) is 3.20. The Labute approximate surface area is 74.3 Å². The lowest BCUT2D eigenvalue weighted by Gasteiger charge is -2.08. The Hall–Kier alpha value is -1.11. The first-order chi connectivity index (χ1) is 5.87. The SMILES string of the molecule is Fc1cc(OC(F)(F)Cl)nc(F)n1. The van der Waals surface area contributed by atoms with Crippen LogP contribution in [0, 0.1) is 12.0 Å². The zero-order chi connectivity index (χ0) is 10.1. The van der Waals surface area contributed by atoms with Gasteiger partial charge in [-0.15, -0.1) is 8.78 Å². The van der Waals surface area contributed by atoms with Gasteiger partial charge in [0.15, 0.2) is 0 Å². The highest BCUT2D eigenvalue weighted by Crippen LogP contribution is 2.23. The highest BCUT2D eigenvalue weighted by molar-refractivity contribution is 6.20. The van der Waals surface area contributed by atoms with E-state index in [4.69, 9.17) is 0 Å². The summed E-state index contributed by atoms with van der Waals surface area (Å²) in [6, 6.07) is 0.374. The normalized spacial score (nSPS) is 11.5. The van der Waals surface area contributed by atoms with Crippen molar-refractivity contribution in [3.63, 3.8) is 0 Å². The molecule has 0 N–H and O–H groups in total. The Kier molecular flexibility index (Phi) is 2.55. The van der Waals surface area contributed by atoms with Crippen molar-refractivity contribution in [3.8, 4) is 5.88 Å². The molecular weight excluding hydrogens is 216 g/mol. The maximum Gasteiger partial charge on any atom is 0.488 e. The average Bonchev–Trinajstić information content (AvgIpc) is 1.78. The van der Waals surface area contributed by atoms with Crippen molar-refractivity contribution in [2.75, 3.05) is 0 Å². The minimum absolute atomic E-state index is 0.374. The molecule has 1 rings (SSSR count). The Morgan fingerprint density at radius 2 is 1.92 bits per heavy atom. The van der Waals surface area contributed by atoms with E-state index in [9.17, 15) is 17.6 Å². The van der Waals surface area contributed by atoms with Crippen LogP contribution in [0.1, 0.15) is 0 Å². The topological polar surface area (TPSA) is 35.0 Å². The summed E-state index contributed by atoms with van der Waals surface area (Å²) in [5, 5.41) is 0. The zero-order valence-electron chi connectivity index (χ0n) is 5.77. The predicted octanol–water partition coefficient (Wildman–Crippen LogP) is 1.92. The summed E-state index contributed by atoms with van der Waals surface area (Å²) in [6.07, 6.45) is -1.52. The number of aromatic nitrogens is 2. The minimum Gasteiger partial charge on any atom is -0.402 e. The molecule has 13 heavy (non-hydrogen) atoms. The largest absolute Gasteiger partial charge is 0.488 e. The molecule has 0 aliphatic carbocycles. The van der Waals surface area contributed by atoms with Crippen molar-refractivity contribution in [3.05, 3.63) is 18.1 Å². The number of rotatable bonds is 2. The van der Waals surface area contributed by atoms with Crippen LogP contribution in [0.25, 0.3) is 0 Å². The summed E-state index contributed by atoms with van der Waals surface area (Å²) in [4.78, 5) is 5.27. The quantitative estimate of drug-likeness (QED) is 0.328. The third-order valence-electron chi connectivity index (χ3n) is 0.864. The summed E-state index contributed by atoms with van der Waals surface area (Å²) in [7, 11) is 0. The summed E-state index contributed by atoms with van der Waals surface area (Å²) >= 11 is 4.31. The molecule has 0 amide bonds. The standard InChI is InChI=1S/C5HClF4N2O/c6-5(9,10)13-3-1-2(7)11-4(8)12-3/h1H. The summed E-state index contributed by atoms with van der Waals surface area (Å²) in [5.41, 5.74) is -4.06. The van der Waals surface area contributed by atoms with Crippen LogP contribution in [0.3, 0.4) is 0 Å². The molecule has 72 valence electrons. The third kappa shape index (κ3) is 3.41. The number of halogens is 5. The second-order valence-corrected chi connectivity index (χ2v) is 2.29. The van der Waals surface area contributed by atoms with Gasteiger partial charge in [-0.3, -0.25) is 0 Å². The second kappa shape index (κ2) is 3.33. The van der Waals surface area contributed by atoms with Gasteiger partial charge in [-0.05, 0) is 0 Å². The van der Waals surface area contributed by atoms with E-state index in [0.717, 1.165) is 0 Å². The first-order valence-electron chi connectivity index (χ1n) is 2.82. The summed E-state index contributed by atoms with van der Waals surface area (Å²) < 4.78 is 51.8. The first kappa shape index (κ1) is 9.97. The molecule has 0 bridgehead atoms. The molecule has 0 saturated heterocycles. The van der Waals surface area contributed by atoms with E-state index < -0.39 is 23.5 Å². The van der Waals surface area contributed by atoms with Crippen molar-refractivity contribution in [2.24, 2.45) is 0 Å². The van der Waals surface area contributed by atoms with Crippen LogP contribution in [0.15, 0.2) is 6.07 Å². The van der Waals surface area contributed by atoms with E-state index in [2.05, 4.69) is 26.3 Å². The number of ether oxygens (including phenoxy) is 1. The van der Waals surface area contributed by atoms with Gasteiger partial charge >= 0.3 is 11.6 Å². The van der Waals surface area contributed by atoms with Crippen LogP contribution in [0.2, 0.25) is 0 Å². The van der Waals surface area contributed by atoms with Gasteiger partial charge < -0.3 is 4.74 Å². The third-order valence-corrected chi connectivity index (χ3v) is 0.942. The van der Waals surface area contributed by atoms with E-state index in [0.29, 0.717) is 6.07 Å². The van der Waals surface area contributed by atoms with Gasteiger partial charge in [0.05, 0.1) is 6.07 Å². The number of hydrogen-bond acceptors (Lipinski definition) is 3. The van der Waals surface area contributed by atoms with E-state index in [1.165, 1.54) is 0 Å². The fraction of sp³-hybridized carbons (Fsp3) is 0.200. The highest BCUT2D eigenvalue weighted by atomic mass is 35.5. The van der Waals surface area contributed by atoms with Crippen molar-refractivity contribution in [1.29, 1.82) is 0 Å². The molecule has 1 aromatic rings. The molecule has 0 unspecified atom stereocenters. The second-order valence-electron chi connectivity index (χ2n) is 1.85. The van der Waals surface area contributed by atoms with Crippen LogP contribution in [0.5, 0.6) is 5.88 Å². The predicted molar refractivity (Wildman–Crippen MR) is 33.4 cm³/mol. The maximum absolute atomic E-state index is 12.2. The molecule has 0 aliphatic rings. The molecule has 0 fully saturated rings. The Morgan fingerprint density at radius 1 is 1.31 bits per heavy atom. The molecule has 0 aliphatic heterocycles. The molecule has 1 heterocycles. The lowest BCUT2D eigenvalue weighted by atomic mass is 10.6. The highest BCUT2D eigenvalue weighted by Gasteiger charge is 2.28. The van der Waals surface area contributed by atoms with E-state index >= 15 is 0 Å². The van der Waals surface area contributed by atoms with Gasteiger partial charge in [0.2, 0.25) is 11.8 Å². The van der Waals surface area contributed by atoms with E-state index in [-0.39, 0.29) is 0 Å². The van der Waals surface area contributed by atoms with E-state index in [1.807, 2.05) is 0 Å². The van der Waals surface area contributed by atoms with Gasteiger partial charge in [0.25, 0.3) is 0 Å². The van der Waals surface area contributed by atoms with Crippen molar-refractivity contribution >= 4 is 11.6 Å². The van der Waals surface area contributed by atoms with Crippen LogP contribution >= 0.6 is 11.6 Å². The van der Waals surface area contributed by atoms with Gasteiger partial charge in [-0.2, -0.15) is 18.7 Å². The Bertz CT molecular complexity index is 296. The molecule has 0 radical (unpaired) electrons. The monoisotopic (exact) mass is 216 g/mol. The number of hydrogen-bond donors (Lipinski definition) is 0. The smallest absolute Gasteiger partial charge is 0.402 e. The van der Waals surface area contributed by atoms with Crippen LogP contribution in [-0.2, 0) is 0 Å². The number of alkyl halides is 3. The van der Waals surface area contributed by atoms with Crippen LogP contribution in [-0.4, -0.2) is 15.5 Å². The van der Waals surface area contributed by atoms with Crippen molar-refractivity contribution in [1.82, 2.24) is 9.97 Å². The maximum atomic E-state index is 12.2. The lowest BCUT2D eigenvalue weighted by Crippen LogP contribution is -2.17. The molecule has 0 spiro atoms. The zero-order valence-corrected chi connectivity index (χ0v) is 6.53. The van der Waals surface area contributed by atoms with Gasteiger partial charge in [0.1, 0.15) is 0 Å². The molecular formula is C5HClF4N2O. The Balaban J connectivity index is 2.90. The minimum atomic E-state index is -4.06. The summed E-state index contributed by atoms with van der Waals surface area (Å²) in [6.45, 7) is 0. The Morgan fingerprint density at radius 3 is 2.38 bits per heavy atom. The van der Waals surface area contributed by atoms with Gasteiger partial charge in [-0.1, -0.05) is 0 Å². The lowest BCUT2D eigenvalue weighted by molar-refractivity contribution is -0.0997.